The molecule has 1 aliphatic rings. The van der Waals surface area contributed by atoms with Gasteiger partial charge in [0.25, 0.3) is 17.7 Å². The molecule has 9 nitrogen and oxygen atoms in total. The number of amides is 3. The predicted octanol–water partition coefficient (Wildman–Crippen LogP) is 2.34. The van der Waals surface area contributed by atoms with Crippen LogP contribution in [0.25, 0.3) is 0 Å². The van der Waals surface area contributed by atoms with Crippen molar-refractivity contribution in [2.24, 2.45) is 0 Å². The van der Waals surface area contributed by atoms with Crippen LogP contribution in [-0.4, -0.2) is 74.1 Å². The second kappa shape index (κ2) is 11.6. The van der Waals surface area contributed by atoms with Crippen LogP contribution in [0.2, 0.25) is 0 Å². The van der Waals surface area contributed by atoms with Gasteiger partial charge in [-0.3, -0.25) is 14.4 Å². The van der Waals surface area contributed by atoms with Crippen molar-refractivity contribution in [3.05, 3.63) is 82.6 Å². The number of hydrogen-bond acceptors (Lipinski definition) is 7. The van der Waals surface area contributed by atoms with E-state index in [1.54, 1.807) is 46.7 Å². The van der Waals surface area contributed by atoms with Crippen molar-refractivity contribution in [1.82, 2.24) is 15.1 Å². The summed E-state index contributed by atoms with van der Waals surface area (Å²) in [6.45, 7) is 2.38. The second-order valence-electron chi connectivity index (χ2n) is 8.50. The summed E-state index contributed by atoms with van der Waals surface area (Å²) in [5, 5.41) is 2.33. The molecule has 1 aliphatic heterocycles. The van der Waals surface area contributed by atoms with Crippen LogP contribution in [0.4, 0.5) is 0 Å². The van der Waals surface area contributed by atoms with Crippen LogP contribution in [0, 0.1) is 6.92 Å². The van der Waals surface area contributed by atoms with Crippen molar-refractivity contribution in [3.8, 4) is 5.75 Å². The molecule has 3 amide bonds. The molecular weight excluding hydrogens is 514 g/mol. The van der Waals surface area contributed by atoms with Gasteiger partial charge < -0.3 is 19.9 Å². The van der Waals surface area contributed by atoms with Crippen molar-refractivity contribution in [2.45, 2.75) is 17.2 Å². The zero-order chi connectivity index (χ0) is 26.4. The third-order valence-corrected chi connectivity index (χ3v) is 8.68. The summed E-state index contributed by atoms with van der Waals surface area (Å²) in [6.07, 6.45) is 0. The number of benzene rings is 2. The van der Waals surface area contributed by atoms with Crippen LogP contribution in [0.3, 0.4) is 0 Å². The monoisotopic (exact) mass is 541 g/mol. The normalized spacial score (nSPS) is 14.6. The summed E-state index contributed by atoms with van der Waals surface area (Å²) < 4.78 is 32.5. The molecule has 0 unspecified atom stereocenters. The molecule has 2 aromatic carbocycles. The number of carbonyl (C=O) groups is 3. The highest BCUT2D eigenvalue weighted by Gasteiger charge is 2.39. The lowest BCUT2D eigenvalue weighted by Gasteiger charge is -2.36. The van der Waals surface area contributed by atoms with E-state index in [-0.39, 0.29) is 43.6 Å². The number of piperazine rings is 1. The fourth-order valence-electron chi connectivity index (χ4n) is 3.83. The minimum atomic E-state index is -4.24. The third kappa shape index (κ3) is 6.36. The number of carbonyl (C=O) groups excluding carboxylic acids is 3. The molecule has 0 radical (unpaired) electrons. The summed E-state index contributed by atoms with van der Waals surface area (Å²) in [7, 11) is -4.24. The van der Waals surface area contributed by atoms with E-state index in [1.807, 2.05) is 25.1 Å². The summed E-state index contributed by atoms with van der Waals surface area (Å²) in [4.78, 5) is 42.0. The van der Waals surface area contributed by atoms with Gasteiger partial charge in [-0.1, -0.05) is 42.0 Å². The van der Waals surface area contributed by atoms with E-state index in [1.165, 1.54) is 17.0 Å². The van der Waals surface area contributed by atoms with E-state index in [0.29, 0.717) is 10.6 Å². The SMILES string of the molecule is Cc1ccc(S(=O)(=O)[C@@H](NC(=O)c2cccs2)C(=O)N2CCN(C(=O)COc3ccccc3)CC2)cc1. The van der Waals surface area contributed by atoms with E-state index < -0.39 is 27.0 Å². The molecule has 0 spiro atoms. The number of nitrogens with zero attached hydrogens (tertiary/aromatic N) is 2. The van der Waals surface area contributed by atoms with Gasteiger partial charge >= 0.3 is 0 Å². The van der Waals surface area contributed by atoms with Gasteiger partial charge in [0.1, 0.15) is 5.75 Å². The minimum absolute atomic E-state index is 0.0604. The highest BCUT2D eigenvalue weighted by atomic mass is 32.2. The fraction of sp³-hybridized carbons (Fsp3) is 0.269. The lowest BCUT2D eigenvalue weighted by molar-refractivity contribution is -0.140. The molecule has 1 saturated heterocycles. The van der Waals surface area contributed by atoms with Crippen molar-refractivity contribution in [2.75, 3.05) is 32.8 Å². The summed E-state index contributed by atoms with van der Waals surface area (Å²) >= 11 is 1.15. The van der Waals surface area contributed by atoms with Gasteiger partial charge in [-0.25, -0.2) is 8.42 Å². The first-order chi connectivity index (χ1) is 17.8. The molecule has 194 valence electrons. The number of ether oxygens (including phenoxy) is 1. The molecule has 3 aromatic rings. The molecule has 11 heteroatoms. The van der Waals surface area contributed by atoms with Crippen molar-refractivity contribution in [1.29, 1.82) is 0 Å². The molecule has 1 atom stereocenters. The van der Waals surface area contributed by atoms with Gasteiger partial charge in [-0.2, -0.15) is 0 Å². The van der Waals surface area contributed by atoms with E-state index >= 15 is 0 Å². The van der Waals surface area contributed by atoms with Crippen LogP contribution >= 0.6 is 11.3 Å². The van der Waals surface area contributed by atoms with Gasteiger partial charge in [0.2, 0.25) is 15.2 Å². The van der Waals surface area contributed by atoms with Crippen molar-refractivity contribution >= 4 is 38.9 Å². The highest BCUT2D eigenvalue weighted by molar-refractivity contribution is 7.92. The van der Waals surface area contributed by atoms with E-state index in [9.17, 15) is 22.8 Å². The molecule has 1 fully saturated rings. The molecule has 1 N–H and O–H groups in total. The first-order valence-electron chi connectivity index (χ1n) is 11.6. The van der Waals surface area contributed by atoms with Gasteiger partial charge in [0, 0.05) is 26.2 Å². The maximum absolute atomic E-state index is 13.5. The summed E-state index contributed by atoms with van der Waals surface area (Å²) in [5.41, 5.74) is 0.862. The fourth-order valence-corrected chi connectivity index (χ4v) is 5.92. The Morgan fingerprint density at radius 1 is 0.919 bits per heavy atom. The smallest absolute Gasteiger partial charge is 0.262 e. The third-order valence-electron chi connectivity index (χ3n) is 5.94. The van der Waals surface area contributed by atoms with Crippen LogP contribution in [0.1, 0.15) is 15.2 Å². The molecule has 4 rings (SSSR count). The molecular formula is C26H27N3O6S2. The number of para-hydroxylation sites is 1. The Morgan fingerprint density at radius 3 is 2.19 bits per heavy atom. The zero-order valence-electron chi connectivity index (χ0n) is 20.2. The summed E-state index contributed by atoms with van der Waals surface area (Å²) in [5.74, 6) is -1.03. The van der Waals surface area contributed by atoms with Gasteiger partial charge in [0.05, 0.1) is 9.77 Å². The van der Waals surface area contributed by atoms with Crippen LogP contribution < -0.4 is 10.1 Å². The predicted molar refractivity (Wildman–Crippen MR) is 139 cm³/mol. The maximum atomic E-state index is 13.5. The molecule has 1 aromatic heterocycles. The first-order valence-corrected chi connectivity index (χ1v) is 14.1. The number of hydrogen-bond donors (Lipinski definition) is 1. The van der Waals surface area contributed by atoms with E-state index in [0.717, 1.165) is 16.9 Å². The molecule has 2 heterocycles. The largest absolute Gasteiger partial charge is 0.484 e. The van der Waals surface area contributed by atoms with Gasteiger partial charge in [-0.15, -0.1) is 11.3 Å². The first kappa shape index (κ1) is 26.4. The average Bonchev–Trinajstić information content (AvgIpc) is 3.46. The Bertz CT molecular complexity index is 1330. The second-order valence-corrected chi connectivity index (χ2v) is 11.5. The zero-order valence-corrected chi connectivity index (χ0v) is 21.8. The number of nitrogens with one attached hydrogen (secondary N) is 1. The number of rotatable bonds is 8. The Balaban J connectivity index is 1.45. The topological polar surface area (TPSA) is 113 Å². The summed E-state index contributed by atoms with van der Waals surface area (Å²) in [6, 6.07) is 18.3. The quantitative estimate of drug-likeness (QED) is 0.469. The lowest BCUT2D eigenvalue weighted by atomic mass is 10.2. The van der Waals surface area contributed by atoms with Gasteiger partial charge in [0.15, 0.2) is 6.61 Å². The molecule has 0 aliphatic carbocycles. The maximum Gasteiger partial charge on any atom is 0.262 e. The Hall–Kier alpha value is -3.70. The molecule has 0 bridgehead atoms. The lowest BCUT2D eigenvalue weighted by Crippen LogP contribution is -2.58. The average molecular weight is 542 g/mol. The van der Waals surface area contributed by atoms with Crippen LogP contribution in [-0.2, 0) is 19.4 Å². The molecule has 37 heavy (non-hydrogen) atoms. The number of sulfone groups is 1. The van der Waals surface area contributed by atoms with E-state index in [4.69, 9.17) is 4.74 Å². The Morgan fingerprint density at radius 2 is 1.57 bits per heavy atom. The Kier molecular flexibility index (Phi) is 8.24. The Labute approximate surface area is 219 Å². The van der Waals surface area contributed by atoms with Crippen molar-refractivity contribution in [3.63, 3.8) is 0 Å². The van der Waals surface area contributed by atoms with Crippen LogP contribution in [0.5, 0.6) is 5.75 Å². The van der Waals surface area contributed by atoms with Crippen molar-refractivity contribution < 1.29 is 27.5 Å². The number of thiophene rings is 1. The van der Waals surface area contributed by atoms with Crippen LogP contribution in [0.15, 0.2) is 77.0 Å². The minimum Gasteiger partial charge on any atom is -0.484 e. The highest BCUT2D eigenvalue weighted by Crippen LogP contribution is 2.20. The van der Waals surface area contributed by atoms with Gasteiger partial charge in [-0.05, 0) is 42.6 Å². The number of aryl methyl sites for hydroxylation is 1. The standard InChI is InChI=1S/C26H27N3O6S2/c1-19-9-11-21(12-10-19)37(33,34)25(27-24(31)22-8-5-17-36-22)26(32)29-15-13-28(14-16-29)23(30)18-35-20-6-3-2-4-7-20/h2-12,17,25H,13-16,18H2,1H3,(H,27,31)/t25-/m1/s1. The molecule has 0 saturated carbocycles. The van der Waals surface area contributed by atoms with E-state index in [2.05, 4.69) is 5.32 Å².